The first kappa shape index (κ1) is 11.0. The fourth-order valence-electron chi connectivity index (χ4n) is 1.78. The largest absolute Gasteiger partial charge is 0.285 e. The molecule has 0 saturated carbocycles. The molecule has 5 heteroatoms. The molecule has 3 rings (SSSR count). The molecule has 0 spiro atoms. The molecule has 0 unspecified atom stereocenters. The molecule has 2 aromatic heterocycles. The smallest absolute Gasteiger partial charge is 0.266 e. The van der Waals surface area contributed by atoms with Crippen LogP contribution in [0.2, 0.25) is 0 Å². The molecular weight excluding hydrogens is 246 g/mol. The summed E-state index contributed by atoms with van der Waals surface area (Å²) in [4.78, 5) is 13.7. The third kappa shape index (κ3) is 2.00. The van der Waals surface area contributed by atoms with Gasteiger partial charge in [0.15, 0.2) is 0 Å². The van der Waals surface area contributed by atoms with Crippen LogP contribution in [0.4, 0.5) is 0 Å². The maximum absolute atomic E-state index is 12.2. The van der Waals surface area contributed by atoms with Gasteiger partial charge in [-0.2, -0.15) is 9.89 Å². The Hall–Kier alpha value is -2.14. The fraction of sp³-hybridized carbons (Fsp3) is 0.0769. The second-order valence-corrected chi connectivity index (χ2v) is 4.71. The normalized spacial score (nSPS) is 10.7. The van der Waals surface area contributed by atoms with Crippen LogP contribution in [0, 0.1) is 0 Å². The van der Waals surface area contributed by atoms with E-state index in [0.717, 1.165) is 11.1 Å². The van der Waals surface area contributed by atoms with Crippen LogP contribution in [0.3, 0.4) is 0 Å². The van der Waals surface area contributed by atoms with E-state index in [2.05, 4.69) is 5.10 Å². The summed E-state index contributed by atoms with van der Waals surface area (Å²) in [6.07, 6.45) is 4.07. The molecule has 0 fully saturated rings. The Balaban J connectivity index is 1.94. The van der Waals surface area contributed by atoms with E-state index in [1.165, 1.54) is 15.6 Å². The maximum Gasteiger partial charge on any atom is 0.285 e. The van der Waals surface area contributed by atoms with Crippen molar-refractivity contribution in [2.45, 2.75) is 6.42 Å². The van der Waals surface area contributed by atoms with E-state index >= 15 is 0 Å². The fourth-order valence-corrected chi connectivity index (χ4v) is 2.59. The van der Waals surface area contributed by atoms with Crippen molar-refractivity contribution in [1.29, 1.82) is 0 Å². The van der Waals surface area contributed by atoms with Crippen molar-refractivity contribution in [2.75, 3.05) is 0 Å². The van der Waals surface area contributed by atoms with Crippen molar-refractivity contribution in [3.8, 4) is 0 Å². The highest BCUT2D eigenvalue weighted by atomic mass is 32.1. The van der Waals surface area contributed by atoms with E-state index in [4.69, 9.17) is 0 Å². The van der Waals surface area contributed by atoms with Gasteiger partial charge < -0.3 is 0 Å². The van der Waals surface area contributed by atoms with E-state index in [9.17, 15) is 4.79 Å². The Morgan fingerprint density at radius 3 is 2.72 bits per heavy atom. The molecule has 0 N–H and O–H groups in total. The van der Waals surface area contributed by atoms with E-state index in [0.29, 0.717) is 6.42 Å². The van der Waals surface area contributed by atoms with Crippen LogP contribution >= 0.6 is 11.5 Å². The molecular formula is C13H11N3OS. The van der Waals surface area contributed by atoms with Crippen LogP contribution in [-0.2, 0) is 6.42 Å². The Labute approximate surface area is 108 Å². The predicted octanol–water partition coefficient (Wildman–Crippen LogP) is 2.01. The summed E-state index contributed by atoms with van der Waals surface area (Å²) in [5, 5.41) is 5.94. The van der Waals surface area contributed by atoms with E-state index < -0.39 is 0 Å². The summed E-state index contributed by atoms with van der Waals surface area (Å²) < 4.78 is 1.54. The van der Waals surface area contributed by atoms with Gasteiger partial charge in [-0.1, -0.05) is 30.3 Å². The van der Waals surface area contributed by atoms with Gasteiger partial charge in [0.25, 0.3) is 5.56 Å². The van der Waals surface area contributed by atoms with Crippen molar-refractivity contribution < 1.29 is 0 Å². The number of nitrogens with zero attached hydrogens (tertiary/aromatic N) is 3. The standard InChI is InChI=1S/C13H11N3OS/c17-13-12(9-11-5-2-1-3-6-11)10-18-16(13)15-8-4-7-14-15/h1-8,10H,9H2. The summed E-state index contributed by atoms with van der Waals surface area (Å²) in [6.45, 7) is 0. The lowest BCUT2D eigenvalue weighted by atomic mass is 10.1. The van der Waals surface area contributed by atoms with Gasteiger partial charge in [-0.15, -0.1) is 4.07 Å². The van der Waals surface area contributed by atoms with Crippen LogP contribution in [0.1, 0.15) is 11.1 Å². The molecule has 3 aromatic rings. The molecule has 2 heterocycles. The Bertz CT molecular complexity index is 683. The molecule has 0 atom stereocenters. The van der Waals surface area contributed by atoms with Crippen LogP contribution in [0.15, 0.2) is 59.0 Å². The monoisotopic (exact) mass is 257 g/mol. The zero-order valence-corrected chi connectivity index (χ0v) is 10.4. The molecule has 0 aliphatic rings. The topological polar surface area (TPSA) is 39.8 Å². The Morgan fingerprint density at radius 1 is 1.17 bits per heavy atom. The van der Waals surface area contributed by atoms with Gasteiger partial charge >= 0.3 is 0 Å². The molecule has 1 aromatic carbocycles. The minimum Gasteiger partial charge on any atom is -0.266 e. The van der Waals surface area contributed by atoms with E-state index in [1.807, 2.05) is 35.7 Å². The van der Waals surface area contributed by atoms with Crippen molar-refractivity contribution in [2.24, 2.45) is 0 Å². The third-order valence-corrected chi connectivity index (χ3v) is 3.58. The zero-order chi connectivity index (χ0) is 12.4. The second-order valence-electron chi connectivity index (χ2n) is 3.92. The number of hydrogen-bond donors (Lipinski definition) is 0. The van der Waals surface area contributed by atoms with Gasteiger partial charge in [0, 0.05) is 17.4 Å². The maximum atomic E-state index is 12.2. The number of benzene rings is 1. The third-order valence-electron chi connectivity index (χ3n) is 2.66. The number of rotatable bonds is 3. The lowest BCUT2D eigenvalue weighted by Crippen LogP contribution is -2.22. The van der Waals surface area contributed by atoms with E-state index in [1.54, 1.807) is 23.3 Å². The van der Waals surface area contributed by atoms with Gasteiger partial charge in [-0.05, 0) is 23.2 Å². The first-order chi connectivity index (χ1) is 8.84. The average Bonchev–Trinajstić information content (AvgIpc) is 3.02. The molecule has 90 valence electrons. The Morgan fingerprint density at radius 2 is 2.00 bits per heavy atom. The number of aromatic nitrogens is 3. The van der Waals surface area contributed by atoms with E-state index in [-0.39, 0.29) is 5.56 Å². The van der Waals surface area contributed by atoms with Crippen LogP contribution in [0.25, 0.3) is 0 Å². The summed E-state index contributed by atoms with van der Waals surface area (Å²) in [5.74, 6) is 0. The van der Waals surface area contributed by atoms with Crippen molar-refractivity contribution >= 4 is 11.5 Å². The van der Waals surface area contributed by atoms with Crippen molar-refractivity contribution in [3.63, 3.8) is 0 Å². The predicted molar refractivity (Wildman–Crippen MR) is 70.9 cm³/mol. The molecule has 0 amide bonds. The van der Waals surface area contributed by atoms with Crippen LogP contribution < -0.4 is 5.56 Å². The highest BCUT2D eigenvalue weighted by molar-refractivity contribution is 7.04. The number of hydrogen-bond acceptors (Lipinski definition) is 3. The first-order valence-corrected chi connectivity index (χ1v) is 6.42. The summed E-state index contributed by atoms with van der Waals surface area (Å²) >= 11 is 1.36. The van der Waals surface area contributed by atoms with Gasteiger partial charge in [0.2, 0.25) is 0 Å². The highest BCUT2D eigenvalue weighted by Crippen LogP contribution is 2.08. The van der Waals surface area contributed by atoms with Gasteiger partial charge in [0.05, 0.1) is 12.4 Å². The summed E-state index contributed by atoms with van der Waals surface area (Å²) in [5.41, 5.74) is 1.93. The molecule has 0 bridgehead atoms. The molecule has 0 saturated heterocycles. The molecule has 4 nitrogen and oxygen atoms in total. The SMILES string of the molecule is O=c1c(Cc2ccccc2)csn1-n1cccn1. The average molecular weight is 257 g/mol. The molecule has 0 radical (unpaired) electrons. The quantitative estimate of drug-likeness (QED) is 0.720. The van der Waals surface area contributed by atoms with Gasteiger partial charge in [0.1, 0.15) is 0 Å². The molecule has 0 aliphatic heterocycles. The summed E-state index contributed by atoms with van der Waals surface area (Å²) in [6, 6.07) is 11.8. The van der Waals surface area contributed by atoms with Gasteiger partial charge in [-0.25, -0.2) is 0 Å². The minimum absolute atomic E-state index is 0.00690. The second kappa shape index (κ2) is 4.62. The van der Waals surface area contributed by atoms with Gasteiger partial charge in [-0.3, -0.25) is 4.79 Å². The molecule has 0 aliphatic carbocycles. The lowest BCUT2D eigenvalue weighted by Gasteiger charge is -1.98. The van der Waals surface area contributed by atoms with Crippen LogP contribution in [0.5, 0.6) is 0 Å². The highest BCUT2D eigenvalue weighted by Gasteiger charge is 2.08. The first-order valence-electron chi connectivity index (χ1n) is 5.59. The minimum atomic E-state index is -0.00690. The van der Waals surface area contributed by atoms with Crippen molar-refractivity contribution in [3.05, 3.63) is 75.7 Å². The summed E-state index contributed by atoms with van der Waals surface area (Å²) in [7, 11) is 0. The van der Waals surface area contributed by atoms with Crippen molar-refractivity contribution in [1.82, 2.24) is 14.0 Å². The van der Waals surface area contributed by atoms with Crippen LogP contribution in [-0.4, -0.2) is 14.0 Å². The molecule has 18 heavy (non-hydrogen) atoms. The zero-order valence-electron chi connectivity index (χ0n) is 9.56. The lowest BCUT2D eigenvalue weighted by molar-refractivity contribution is 0.604. The Kier molecular flexibility index (Phi) is 2.82.